The van der Waals surface area contributed by atoms with E-state index >= 15 is 0 Å². The summed E-state index contributed by atoms with van der Waals surface area (Å²) in [5, 5.41) is 9.54. The largest absolute Gasteiger partial charge is 0.450 e. The summed E-state index contributed by atoms with van der Waals surface area (Å²) >= 11 is 6.40. The summed E-state index contributed by atoms with van der Waals surface area (Å²) in [5.74, 6) is 0.381. The van der Waals surface area contributed by atoms with Gasteiger partial charge in [0.2, 0.25) is 0 Å². The van der Waals surface area contributed by atoms with Crippen molar-refractivity contribution in [3.05, 3.63) is 31.9 Å². The standard InChI is InChI=1S/C20H23N5O4S2/c1-5-29-19(28)25-8-6-24(7-9-25)16-13(10-15-18(27)23(4)20(30)31-15)12(2)14(11-21)17(26)22(16)3/h10H,5-9H2,1-4H3/b15-10-. The van der Waals surface area contributed by atoms with Crippen molar-refractivity contribution in [3.63, 3.8) is 0 Å². The molecule has 9 nitrogen and oxygen atoms in total. The summed E-state index contributed by atoms with van der Waals surface area (Å²) in [6.07, 6.45) is 1.34. The molecular weight excluding hydrogens is 438 g/mol. The molecule has 0 aromatic carbocycles. The van der Waals surface area contributed by atoms with Gasteiger partial charge in [0.15, 0.2) is 0 Å². The van der Waals surface area contributed by atoms with Gasteiger partial charge in [-0.1, -0.05) is 24.0 Å². The van der Waals surface area contributed by atoms with E-state index in [0.29, 0.717) is 59.0 Å². The Hall–Kier alpha value is -2.84. The van der Waals surface area contributed by atoms with E-state index in [-0.39, 0.29) is 17.6 Å². The lowest BCUT2D eigenvalue weighted by molar-refractivity contribution is -0.121. The number of thioether (sulfide) groups is 1. The minimum absolute atomic E-state index is 0.0367. The highest BCUT2D eigenvalue weighted by atomic mass is 32.2. The van der Waals surface area contributed by atoms with Gasteiger partial charge >= 0.3 is 6.09 Å². The van der Waals surface area contributed by atoms with Crippen LogP contribution in [-0.4, -0.2) is 70.5 Å². The number of carbonyl (C=O) groups excluding carboxylic acids is 2. The zero-order chi connectivity index (χ0) is 22.9. The molecule has 2 fully saturated rings. The number of ether oxygens (including phenoxy) is 1. The first kappa shape index (κ1) is 22.8. The average Bonchev–Trinajstić information content (AvgIpc) is 2.99. The molecular formula is C20H23N5O4S2. The van der Waals surface area contributed by atoms with Crippen molar-refractivity contribution in [2.75, 3.05) is 44.7 Å². The molecule has 164 valence electrons. The van der Waals surface area contributed by atoms with Crippen LogP contribution in [0.5, 0.6) is 0 Å². The molecule has 1 aromatic heterocycles. The molecule has 0 atom stereocenters. The Morgan fingerprint density at radius 3 is 2.42 bits per heavy atom. The first-order valence-corrected chi connectivity index (χ1v) is 11.0. The second kappa shape index (κ2) is 9.11. The van der Waals surface area contributed by atoms with Gasteiger partial charge < -0.3 is 14.5 Å². The summed E-state index contributed by atoms with van der Waals surface area (Å²) < 4.78 is 6.95. The van der Waals surface area contributed by atoms with Crippen LogP contribution in [0.4, 0.5) is 10.6 Å². The maximum atomic E-state index is 12.8. The van der Waals surface area contributed by atoms with Crippen LogP contribution in [0.25, 0.3) is 6.08 Å². The van der Waals surface area contributed by atoms with Gasteiger partial charge in [-0.15, -0.1) is 0 Å². The van der Waals surface area contributed by atoms with Crippen molar-refractivity contribution in [2.45, 2.75) is 13.8 Å². The van der Waals surface area contributed by atoms with Gasteiger partial charge in [-0.2, -0.15) is 5.26 Å². The molecule has 0 radical (unpaired) electrons. The molecule has 0 aliphatic carbocycles. The summed E-state index contributed by atoms with van der Waals surface area (Å²) in [5.41, 5.74) is 0.768. The average molecular weight is 462 g/mol. The van der Waals surface area contributed by atoms with E-state index in [1.165, 1.54) is 21.2 Å². The molecule has 0 N–H and O–H groups in total. The molecule has 2 amide bonds. The summed E-state index contributed by atoms with van der Waals surface area (Å²) in [7, 11) is 3.22. The maximum absolute atomic E-state index is 12.8. The number of rotatable bonds is 3. The summed E-state index contributed by atoms with van der Waals surface area (Å²) in [6.45, 7) is 5.60. The highest BCUT2D eigenvalue weighted by Crippen LogP contribution is 2.35. The van der Waals surface area contributed by atoms with Crippen molar-refractivity contribution >= 4 is 52.2 Å². The second-order valence-corrected chi connectivity index (χ2v) is 8.80. The molecule has 1 aromatic rings. The number of aromatic nitrogens is 1. The first-order valence-electron chi connectivity index (χ1n) is 9.73. The third-order valence-corrected chi connectivity index (χ3v) is 6.82. The first-order chi connectivity index (χ1) is 14.7. The van der Waals surface area contributed by atoms with Crippen LogP contribution >= 0.6 is 24.0 Å². The molecule has 11 heteroatoms. The van der Waals surface area contributed by atoms with Gasteiger partial charge in [0.25, 0.3) is 11.5 Å². The van der Waals surface area contributed by atoms with Crippen LogP contribution in [0.1, 0.15) is 23.6 Å². The van der Waals surface area contributed by atoms with Crippen molar-refractivity contribution in [1.29, 1.82) is 5.26 Å². The fourth-order valence-corrected chi connectivity index (χ4v) is 4.75. The van der Waals surface area contributed by atoms with E-state index in [4.69, 9.17) is 17.0 Å². The van der Waals surface area contributed by atoms with Crippen LogP contribution < -0.4 is 10.5 Å². The lowest BCUT2D eigenvalue weighted by atomic mass is 10.0. The van der Waals surface area contributed by atoms with Crippen LogP contribution in [-0.2, 0) is 16.6 Å². The molecule has 31 heavy (non-hydrogen) atoms. The number of carbonyl (C=O) groups is 2. The van der Waals surface area contributed by atoms with Crippen molar-refractivity contribution < 1.29 is 14.3 Å². The van der Waals surface area contributed by atoms with E-state index in [2.05, 4.69) is 0 Å². The molecule has 0 bridgehead atoms. The van der Waals surface area contributed by atoms with Crippen molar-refractivity contribution in [3.8, 4) is 6.07 Å². The van der Waals surface area contributed by atoms with Crippen LogP contribution in [0, 0.1) is 18.3 Å². The van der Waals surface area contributed by atoms with E-state index in [1.807, 2.05) is 11.0 Å². The van der Waals surface area contributed by atoms with Crippen molar-refractivity contribution in [1.82, 2.24) is 14.4 Å². The number of hydrogen-bond acceptors (Lipinski definition) is 8. The number of amides is 2. The number of pyridine rings is 1. The zero-order valence-electron chi connectivity index (χ0n) is 17.8. The maximum Gasteiger partial charge on any atom is 0.409 e. The summed E-state index contributed by atoms with van der Waals surface area (Å²) in [4.78, 5) is 42.8. The highest BCUT2D eigenvalue weighted by molar-refractivity contribution is 8.26. The number of thiocarbonyl (C=S) groups is 1. The Labute approximate surface area is 189 Å². The summed E-state index contributed by atoms with van der Waals surface area (Å²) in [6, 6.07) is 1.99. The molecule has 3 heterocycles. The molecule has 0 spiro atoms. The molecule has 2 aliphatic heterocycles. The van der Waals surface area contributed by atoms with Crippen molar-refractivity contribution in [2.24, 2.45) is 7.05 Å². The van der Waals surface area contributed by atoms with E-state index in [1.54, 1.807) is 38.9 Å². The van der Waals surface area contributed by atoms with E-state index in [0.717, 1.165) is 0 Å². The Bertz CT molecular complexity index is 1080. The lowest BCUT2D eigenvalue weighted by Gasteiger charge is -2.37. The van der Waals surface area contributed by atoms with E-state index < -0.39 is 5.56 Å². The number of nitrogens with zero attached hydrogens (tertiary/aromatic N) is 5. The Kier molecular flexibility index (Phi) is 6.71. The SMILES string of the molecule is CCOC(=O)N1CCN(c2c(/C=C3\SC(=S)N(C)C3=O)c(C)c(C#N)c(=O)n2C)CC1. The topological polar surface area (TPSA) is 98.9 Å². The number of piperazine rings is 1. The number of hydrogen-bond donors (Lipinski definition) is 0. The molecule has 2 aliphatic rings. The van der Waals surface area contributed by atoms with Crippen LogP contribution in [0.2, 0.25) is 0 Å². The molecule has 3 rings (SSSR count). The van der Waals surface area contributed by atoms with Crippen LogP contribution in [0.15, 0.2) is 9.70 Å². The lowest BCUT2D eigenvalue weighted by Crippen LogP contribution is -2.50. The predicted molar refractivity (Wildman–Crippen MR) is 123 cm³/mol. The van der Waals surface area contributed by atoms with Gasteiger partial charge in [0.1, 0.15) is 21.8 Å². The van der Waals surface area contributed by atoms with Gasteiger partial charge in [0.05, 0.1) is 11.5 Å². The highest BCUT2D eigenvalue weighted by Gasteiger charge is 2.31. The predicted octanol–water partition coefficient (Wildman–Crippen LogP) is 1.67. The quantitative estimate of drug-likeness (QED) is 0.495. The Morgan fingerprint density at radius 2 is 1.90 bits per heavy atom. The normalized spacial score (nSPS) is 18.0. The van der Waals surface area contributed by atoms with Gasteiger partial charge in [-0.3, -0.25) is 19.1 Å². The Balaban J connectivity index is 2.06. The van der Waals surface area contributed by atoms with E-state index in [9.17, 15) is 19.6 Å². The van der Waals surface area contributed by atoms with Gasteiger partial charge in [0, 0.05) is 45.8 Å². The van der Waals surface area contributed by atoms with Crippen LogP contribution in [0.3, 0.4) is 0 Å². The number of anilines is 1. The minimum atomic E-state index is -0.400. The Morgan fingerprint density at radius 1 is 1.26 bits per heavy atom. The van der Waals surface area contributed by atoms with Gasteiger partial charge in [-0.05, 0) is 25.5 Å². The monoisotopic (exact) mass is 461 g/mol. The number of likely N-dealkylation sites (N-methyl/N-ethyl adjacent to an activating group) is 1. The van der Waals surface area contributed by atoms with Gasteiger partial charge in [-0.25, -0.2) is 4.79 Å². The third-order valence-electron chi connectivity index (χ3n) is 5.34. The molecule has 0 saturated carbocycles. The molecule has 2 saturated heterocycles. The molecule has 0 unspecified atom stereocenters. The zero-order valence-corrected chi connectivity index (χ0v) is 19.4. The third kappa shape index (κ3) is 4.18. The smallest absolute Gasteiger partial charge is 0.409 e. The second-order valence-electron chi connectivity index (χ2n) is 7.13. The minimum Gasteiger partial charge on any atom is -0.450 e. The fourth-order valence-electron chi connectivity index (χ4n) is 3.59. The number of nitriles is 1. The fraction of sp³-hybridized carbons (Fsp3) is 0.450.